The summed E-state index contributed by atoms with van der Waals surface area (Å²) < 4.78 is 10.2. The lowest BCUT2D eigenvalue weighted by atomic mass is 10.1. The van der Waals surface area contributed by atoms with E-state index in [9.17, 15) is 9.90 Å². The molecular weight excluding hydrogens is 210 g/mol. The summed E-state index contributed by atoms with van der Waals surface area (Å²) in [5.41, 5.74) is 0.0986. The number of benzene rings is 1. The van der Waals surface area contributed by atoms with E-state index in [0.29, 0.717) is 22.4 Å². The number of H-pyrrole nitrogens is 1. The fraction of sp³-hybridized carbons (Fsp3) is 0.182. The minimum atomic E-state index is -0.375. The third-order valence-corrected chi connectivity index (χ3v) is 2.31. The molecule has 2 rings (SSSR count). The average Bonchev–Trinajstić information content (AvgIpc) is 2.26. The molecule has 2 aromatic rings. The van der Waals surface area contributed by atoms with E-state index in [1.54, 1.807) is 12.1 Å². The summed E-state index contributed by atoms with van der Waals surface area (Å²) in [7, 11) is 3.00. The van der Waals surface area contributed by atoms with Crippen LogP contribution in [0.15, 0.2) is 23.0 Å². The molecule has 5 nitrogen and oxygen atoms in total. The molecule has 16 heavy (non-hydrogen) atoms. The first kappa shape index (κ1) is 10.4. The Morgan fingerprint density at radius 2 is 1.94 bits per heavy atom. The first-order chi connectivity index (χ1) is 7.65. The molecule has 0 saturated heterocycles. The largest absolute Gasteiger partial charge is 0.507 e. The van der Waals surface area contributed by atoms with Crippen molar-refractivity contribution in [3.8, 4) is 17.2 Å². The summed E-state index contributed by atoms with van der Waals surface area (Å²) in [6, 6.07) is 4.37. The van der Waals surface area contributed by atoms with Crippen molar-refractivity contribution in [3.05, 3.63) is 28.6 Å². The van der Waals surface area contributed by atoms with Crippen LogP contribution in [0.2, 0.25) is 0 Å². The Hall–Kier alpha value is -2.17. The highest BCUT2D eigenvalue weighted by Gasteiger charge is 2.10. The van der Waals surface area contributed by atoms with Gasteiger partial charge in [0.1, 0.15) is 17.2 Å². The number of nitrogens with one attached hydrogen (secondary N) is 1. The van der Waals surface area contributed by atoms with Gasteiger partial charge >= 0.3 is 0 Å². The number of pyridine rings is 1. The van der Waals surface area contributed by atoms with E-state index in [2.05, 4.69) is 4.98 Å². The summed E-state index contributed by atoms with van der Waals surface area (Å²) in [5.74, 6) is 0.881. The van der Waals surface area contributed by atoms with Crippen LogP contribution >= 0.6 is 0 Å². The van der Waals surface area contributed by atoms with Gasteiger partial charge < -0.3 is 19.6 Å². The molecule has 0 fully saturated rings. The second-order valence-electron chi connectivity index (χ2n) is 3.27. The Morgan fingerprint density at radius 3 is 2.56 bits per heavy atom. The maximum absolute atomic E-state index is 11.2. The fourth-order valence-corrected chi connectivity index (χ4v) is 1.60. The van der Waals surface area contributed by atoms with Gasteiger partial charge in [-0.3, -0.25) is 4.79 Å². The predicted octanol–water partition coefficient (Wildman–Crippen LogP) is 1.25. The molecule has 0 atom stereocenters. The Bertz CT molecular complexity index is 588. The van der Waals surface area contributed by atoms with Crippen LogP contribution in [-0.2, 0) is 0 Å². The van der Waals surface area contributed by atoms with E-state index in [1.165, 1.54) is 14.2 Å². The molecule has 1 aromatic carbocycles. The van der Waals surface area contributed by atoms with Crippen molar-refractivity contribution >= 4 is 10.9 Å². The zero-order valence-electron chi connectivity index (χ0n) is 8.90. The van der Waals surface area contributed by atoms with Crippen molar-refractivity contribution in [1.29, 1.82) is 0 Å². The van der Waals surface area contributed by atoms with Crippen LogP contribution in [-0.4, -0.2) is 24.3 Å². The fourth-order valence-electron chi connectivity index (χ4n) is 1.60. The molecule has 0 spiro atoms. The zero-order valence-corrected chi connectivity index (χ0v) is 8.90. The SMILES string of the molecule is COc1cc(OC)c2c(O)cc(=O)[nH]c2c1. The number of aromatic nitrogens is 1. The standard InChI is InChI=1S/C11H11NO4/c1-15-6-3-7-11(9(4-6)16-2)8(13)5-10(14)12-7/h3-5H,1-2H3,(H2,12,13,14). The first-order valence-corrected chi connectivity index (χ1v) is 4.63. The number of aromatic amines is 1. The molecule has 84 valence electrons. The van der Waals surface area contributed by atoms with E-state index >= 15 is 0 Å². The number of hydrogen-bond acceptors (Lipinski definition) is 4. The average molecular weight is 221 g/mol. The molecule has 0 aliphatic rings. The van der Waals surface area contributed by atoms with Crippen LogP contribution in [0.5, 0.6) is 17.2 Å². The monoisotopic (exact) mass is 221 g/mol. The molecule has 2 N–H and O–H groups in total. The number of hydrogen-bond donors (Lipinski definition) is 2. The molecule has 0 unspecified atom stereocenters. The number of methoxy groups -OCH3 is 2. The van der Waals surface area contributed by atoms with Gasteiger partial charge in [-0.2, -0.15) is 0 Å². The zero-order chi connectivity index (χ0) is 11.7. The maximum Gasteiger partial charge on any atom is 0.252 e. The van der Waals surface area contributed by atoms with Crippen molar-refractivity contribution < 1.29 is 14.6 Å². The first-order valence-electron chi connectivity index (χ1n) is 4.63. The molecule has 5 heteroatoms. The lowest BCUT2D eigenvalue weighted by Gasteiger charge is -2.09. The third-order valence-electron chi connectivity index (χ3n) is 2.31. The highest BCUT2D eigenvalue weighted by Crippen LogP contribution is 2.34. The van der Waals surface area contributed by atoms with Crippen molar-refractivity contribution in [2.45, 2.75) is 0 Å². The van der Waals surface area contributed by atoms with E-state index in [4.69, 9.17) is 9.47 Å². The van der Waals surface area contributed by atoms with Crippen molar-refractivity contribution in [3.63, 3.8) is 0 Å². The van der Waals surface area contributed by atoms with Crippen molar-refractivity contribution in [2.75, 3.05) is 14.2 Å². The van der Waals surface area contributed by atoms with Crippen LogP contribution in [0.4, 0.5) is 0 Å². The molecule has 0 bridgehead atoms. The summed E-state index contributed by atoms with van der Waals surface area (Å²) >= 11 is 0. The molecule has 0 amide bonds. The Balaban J connectivity index is 2.89. The van der Waals surface area contributed by atoms with Gasteiger partial charge in [0, 0.05) is 18.2 Å². The highest BCUT2D eigenvalue weighted by molar-refractivity contribution is 5.91. The van der Waals surface area contributed by atoms with Gasteiger partial charge in [0.15, 0.2) is 0 Å². The second kappa shape index (κ2) is 3.77. The summed E-state index contributed by atoms with van der Waals surface area (Å²) in [6.07, 6.45) is 0. The number of fused-ring (bicyclic) bond motifs is 1. The molecule has 0 aliphatic carbocycles. The summed E-state index contributed by atoms with van der Waals surface area (Å²) in [6.45, 7) is 0. The van der Waals surface area contributed by atoms with Crippen molar-refractivity contribution in [2.24, 2.45) is 0 Å². The smallest absolute Gasteiger partial charge is 0.252 e. The molecular formula is C11H11NO4. The normalized spacial score (nSPS) is 10.4. The number of ether oxygens (including phenoxy) is 2. The minimum Gasteiger partial charge on any atom is -0.507 e. The van der Waals surface area contributed by atoms with Gasteiger partial charge in [0.25, 0.3) is 5.56 Å². The van der Waals surface area contributed by atoms with Gasteiger partial charge in [0.2, 0.25) is 0 Å². The van der Waals surface area contributed by atoms with E-state index < -0.39 is 0 Å². The lowest BCUT2D eigenvalue weighted by Crippen LogP contribution is -2.04. The van der Waals surface area contributed by atoms with E-state index in [0.717, 1.165) is 6.07 Å². The Morgan fingerprint density at radius 1 is 1.19 bits per heavy atom. The van der Waals surface area contributed by atoms with Crippen LogP contribution in [0, 0.1) is 0 Å². The van der Waals surface area contributed by atoms with Gasteiger partial charge in [0.05, 0.1) is 25.1 Å². The predicted molar refractivity (Wildman–Crippen MR) is 59.3 cm³/mol. The van der Waals surface area contributed by atoms with E-state index in [1.807, 2.05) is 0 Å². The van der Waals surface area contributed by atoms with Gasteiger partial charge in [-0.15, -0.1) is 0 Å². The van der Waals surface area contributed by atoms with Crippen LogP contribution in [0.1, 0.15) is 0 Å². The Kier molecular flexibility index (Phi) is 2.44. The number of aromatic hydroxyl groups is 1. The maximum atomic E-state index is 11.2. The topological polar surface area (TPSA) is 71.5 Å². The Labute approximate surface area is 91.2 Å². The molecule has 1 heterocycles. The van der Waals surface area contributed by atoms with E-state index in [-0.39, 0.29) is 11.3 Å². The van der Waals surface area contributed by atoms with Crippen LogP contribution in [0.3, 0.4) is 0 Å². The molecule has 0 saturated carbocycles. The second-order valence-corrected chi connectivity index (χ2v) is 3.27. The van der Waals surface area contributed by atoms with Gasteiger partial charge in [-0.05, 0) is 0 Å². The molecule has 0 radical (unpaired) electrons. The molecule has 0 aliphatic heterocycles. The highest BCUT2D eigenvalue weighted by atomic mass is 16.5. The van der Waals surface area contributed by atoms with Gasteiger partial charge in [-0.25, -0.2) is 0 Å². The summed E-state index contributed by atoms with van der Waals surface area (Å²) in [4.78, 5) is 13.8. The van der Waals surface area contributed by atoms with Gasteiger partial charge in [-0.1, -0.05) is 0 Å². The van der Waals surface area contributed by atoms with Crippen molar-refractivity contribution in [1.82, 2.24) is 4.98 Å². The van der Waals surface area contributed by atoms with Crippen LogP contribution < -0.4 is 15.0 Å². The molecule has 1 aromatic heterocycles. The van der Waals surface area contributed by atoms with Crippen LogP contribution in [0.25, 0.3) is 10.9 Å². The quantitative estimate of drug-likeness (QED) is 0.800. The lowest BCUT2D eigenvalue weighted by molar-refractivity contribution is 0.396. The minimum absolute atomic E-state index is 0.113. The third kappa shape index (κ3) is 1.56. The number of rotatable bonds is 2. The summed E-state index contributed by atoms with van der Waals surface area (Å²) in [5, 5.41) is 10.1.